The van der Waals surface area contributed by atoms with Crippen LogP contribution >= 0.6 is 22.9 Å². The first kappa shape index (κ1) is 28.2. The molecule has 3 aromatic heterocycles. The Bertz CT molecular complexity index is 1490. The number of carbonyl (C=O) groups excluding carboxylic acids is 2. The number of amides is 2. The van der Waals surface area contributed by atoms with E-state index in [2.05, 4.69) is 20.3 Å². The Morgan fingerprint density at radius 3 is 2.59 bits per heavy atom. The highest BCUT2D eigenvalue weighted by atomic mass is 35.5. The number of nitrogens with one attached hydrogen (secondary N) is 2. The number of halogens is 2. The van der Waals surface area contributed by atoms with Crippen molar-refractivity contribution >= 4 is 40.6 Å². The van der Waals surface area contributed by atoms with Crippen molar-refractivity contribution in [2.75, 3.05) is 19.0 Å². The molecule has 9 nitrogen and oxygen atoms in total. The molecule has 1 atom stereocenters. The first-order chi connectivity index (χ1) is 18.6. The molecule has 4 aromatic rings. The second-order valence-corrected chi connectivity index (χ2v) is 10.5. The van der Waals surface area contributed by atoms with E-state index < -0.39 is 17.9 Å². The average molecular weight is 572 g/mol. The molecule has 3 N–H and O–H groups in total. The maximum atomic E-state index is 13.7. The van der Waals surface area contributed by atoms with E-state index in [4.69, 9.17) is 16.3 Å². The van der Waals surface area contributed by atoms with Crippen molar-refractivity contribution in [2.24, 2.45) is 0 Å². The van der Waals surface area contributed by atoms with Crippen LogP contribution in [0.2, 0.25) is 5.15 Å². The SMILES string of the molecule is COC(C(=O)N(CC(=O)Nc1nc(-c2ccc(F)s2)[nH]c1-c1ccc(Cl)nc1)C(C)C)c1ccc(O)c(C)c1. The van der Waals surface area contributed by atoms with Gasteiger partial charge in [-0.15, -0.1) is 11.3 Å². The van der Waals surface area contributed by atoms with Crippen LogP contribution in [0.15, 0.2) is 48.7 Å². The highest BCUT2D eigenvalue weighted by Crippen LogP contribution is 2.33. The molecule has 0 aliphatic heterocycles. The maximum Gasteiger partial charge on any atom is 0.257 e. The molecule has 12 heteroatoms. The lowest BCUT2D eigenvalue weighted by Gasteiger charge is -2.29. The number of nitrogens with zero attached hydrogens (tertiary/aromatic N) is 3. The van der Waals surface area contributed by atoms with Crippen molar-refractivity contribution in [3.63, 3.8) is 0 Å². The normalized spacial score (nSPS) is 12.0. The Morgan fingerprint density at radius 1 is 1.23 bits per heavy atom. The minimum Gasteiger partial charge on any atom is -0.508 e. The molecule has 0 saturated heterocycles. The van der Waals surface area contributed by atoms with Crippen molar-refractivity contribution in [1.29, 1.82) is 0 Å². The number of thiophene rings is 1. The molecule has 3 heterocycles. The quantitative estimate of drug-likeness (QED) is 0.226. The van der Waals surface area contributed by atoms with E-state index in [-0.39, 0.29) is 29.3 Å². The van der Waals surface area contributed by atoms with Gasteiger partial charge in [0.1, 0.15) is 17.4 Å². The zero-order valence-corrected chi connectivity index (χ0v) is 23.2. The van der Waals surface area contributed by atoms with Crippen molar-refractivity contribution < 1.29 is 23.8 Å². The van der Waals surface area contributed by atoms with Crippen molar-refractivity contribution in [2.45, 2.75) is 32.9 Å². The molecule has 0 bridgehead atoms. The van der Waals surface area contributed by atoms with E-state index in [1.165, 1.54) is 30.3 Å². The number of rotatable bonds is 9. The van der Waals surface area contributed by atoms with Crippen LogP contribution in [-0.2, 0) is 14.3 Å². The van der Waals surface area contributed by atoms with Gasteiger partial charge in [0.2, 0.25) is 5.91 Å². The first-order valence-corrected chi connectivity index (χ1v) is 13.2. The number of aryl methyl sites for hydroxylation is 1. The van der Waals surface area contributed by atoms with Crippen molar-refractivity contribution in [3.05, 3.63) is 70.1 Å². The highest BCUT2D eigenvalue weighted by Gasteiger charge is 2.30. The maximum absolute atomic E-state index is 13.7. The monoisotopic (exact) mass is 571 g/mol. The standard InChI is InChI=1S/C27H27ClFN5O4S/c1-14(2)34(27(37)24(38-4)16-5-7-18(35)15(3)11-16)13-22(36)31-26-23(17-6-9-20(28)30-12-17)32-25(33-26)19-8-10-21(29)39-19/h5-12,14,24,35H,13H2,1-4H3,(H,31,36)(H,32,33). The summed E-state index contributed by atoms with van der Waals surface area (Å²) in [4.78, 5) is 40.4. The summed E-state index contributed by atoms with van der Waals surface area (Å²) in [5.41, 5.74) is 2.21. The number of ether oxygens (including phenoxy) is 1. The Labute approximate surface area is 233 Å². The zero-order valence-electron chi connectivity index (χ0n) is 21.7. The van der Waals surface area contributed by atoms with Crippen LogP contribution in [0.5, 0.6) is 5.75 Å². The third-order valence-electron chi connectivity index (χ3n) is 5.99. The van der Waals surface area contributed by atoms with Gasteiger partial charge in [-0.1, -0.05) is 17.7 Å². The molecule has 0 radical (unpaired) electrons. The molecular weight excluding hydrogens is 545 g/mol. The number of aromatic nitrogens is 3. The molecule has 4 rings (SSSR count). The predicted molar refractivity (Wildman–Crippen MR) is 148 cm³/mol. The number of aromatic hydroxyl groups is 1. The largest absolute Gasteiger partial charge is 0.508 e. The fourth-order valence-electron chi connectivity index (χ4n) is 3.97. The van der Waals surface area contributed by atoms with E-state index in [0.29, 0.717) is 38.2 Å². The number of hydrogen-bond acceptors (Lipinski definition) is 7. The second kappa shape index (κ2) is 11.9. The molecule has 1 aromatic carbocycles. The fraction of sp³-hybridized carbons (Fsp3) is 0.259. The van der Waals surface area contributed by atoms with Crippen molar-refractivity contribution in [1.82, 2.24) is 19.9 Å². The number of carbonyl (C=O) groups is 2. The summed E-state index contributed by atoms with van der Waals surface area (Å²) >= 11 is 6.85. The van der Waals surface area contributed by atoms with Gasteiger partial charge in [0.05, 0.1) is 10.6 Å². The summed E-state index contributed by atoms with van der Waals surface area (Å²) in [6.45, 7) is 5.04. The molecule has 0 fully saturated rings. The van der Waals surface area contributed by atoms with Gasteiger partial charge in [-0.3, -0.25) is 9.59 Å². The number of anilines is 1. The van der Waals surface area contributed by atoms with E-state index in [1.807, 2.05) is 0 Å². The summed E-state index contributed by atoms with van der Waals surface area (Å²) in [6.07, 6.45) is 0.553. The molecule has 0 aliphatic carbocycles. The smallest absolute Gasteiger partial charge is 0.257 e. The van der Waals surface area contributed by atoms with Crippen LogP contribution in [0.4, 0.5) is 10.2 Å². The number of pyridine rings is 1. The summed E-state index contributed by atoms with van der Waals surface area (Å²) in [6, 6.07) is 10.7. The Hall–Kier alpha value is -3.80. The molecular formula is C27H27ClFN5O4S. The predicted octanol–water partition coefficient (Wildman–Crippen LogP) is 5.57. The lowest BCUT2D eigenvalue weighted by molar-refractivity contribution is -0.146. The van der Waals surface area contributed by atoms with Gasteiger partial charge in [0.25, 0.3) is 5.91 Å². The highest BCUT2D eigenvalue weighted by molar-refractivity contribution is 7.13. The van der Waals surface area contributed by atoms with E-state index >= 15 is 0 Å². The second-order valence-electron chi connectivity index (χ2n) is 9.05. The number of phenolic OH excluding ortho intramolecular Hbond substituents is 1. The van der Waals surface area contributed by atoms with Crippen LogP contribution in [0, 0.1) is 12.1 Å². The summed E-state index contributed by atoms with van der Waals surface area (Å²) in [5.74, 6) is -0.236. The van der Waals surface area contributed by atoms with Gasteiger partial charge < -0.3 is 25.0 Å². The van der Waals surface area contributed by atoms with Crippen LogP contribution < -0.4 is 5.32 Å². The van der Waals surface area contributed by atoms with Gasteiger partial charge in [0.15, 0.2) is 22.9 Å². The number of benzene rings is 1. The number of methoxy groups -OCH3 is 1. The van der Waals surface area contributed by atoms with Gasteiger partial charge >= 0.3 is 0 Å². The lowest BCUT2D eigenvalue weighted by Crippen LogP contribution is -2.45. The van der Waals surface area contributed by atoms with E-state index in [1.54, 1.807) is 51.1 Å². The number of imidazole rings is 1. The van der Waals surface area contributed by atoms with Crippen LogP contribution in [0.3, 0.4) is 0 Å². The first-order valence-electron chi connectivity index (χ1n) is 12.0. The third-order valence-corrected chi connectivity index (χ3v) is 7.09. The van der Waals surface area contributed by atoms with Crippen LogP contribution in [0.1, 0.15) is 31.1 Å². The van der Waals surface area contributed by atoms with Gasteiger partial charge in [-0.25, -0.2) is 9.97 Å². The summed E-state index contributed by atoms with van der Waals surface area (Å²) in [7, 11) is 1.41. The van der Waals surface area contributed by atoms with Gasteiger partial charge in [-0.05, 0) is 68.3 Å². The number of phenols is 1. The topological polar surface area (TPSA) is 120 Å². The molecule has 0 saturated carbocycles. The minimum absolute atomic E-state index is 0.108. The Balaban J connectivity index is 1.60. The molecule has 2 amide bonds. The van der Waals surface area contributed by atoms with Crippen LogP contribution in [0.25, 0.3) is 22.0 Å². The molecule has 0 aliphatic rings. The van der Waals surface area contributed by atoms with E-state index in [0.717, 1.165) is 11.3 Å². The summed E-state index contributed by atoms with van der Waals surface area (Å²) in [5, 5.41) is 12.6. The third kappa shape index (κ3) is 6.44. The zero-order chi connectivity index (χ0) is 28.3. The van der Waals surface area contributed by atoms with E-state index in [9.17, 15) is 19.1 Å². The Kier molecular flexibility index (Phi) is 8.63. The average Bonchev–Trinajstić information content (AvgIpc) is 3.51. The van der Waals surface area contributed by atoms with Crippen molar-refractivity contribution in [3.8, 4) is 27.7 Å². The fourth-order valence-corrected chi connectivity index (χ4v) is 4.76. The van der Waals surface area contributed by atoms with Gasteiger partial charge in [0, 0.05) is 24.9 Å². The lowest BCUT2D eigenvalue weighted by atomic mass is 10.0. The molecule has 39 heavy (non-hydrogen) atoms. The van der Waals surface area contributed by atoms with Crippen LogP contribution in [-0.4, -0.2) is 56.5 Å². The number of H-pyrrole nitrogens is 1. The Morgan fingerprint density at radius 2 is 2.00 bits per heavy atom. The van der Waals surface area contributed by atoms with Gasteiger partial charge in [-0.2, -0.15) is 4.39 Å². The molecule has 1 unspecified atom stereocenters. The molecule has 0 spiro atoms. The number of hydrogen-bond donors (Lipinski definition) is 3. The molecule has 204 valence electrons. The minimum atomic E-state index is -0.971. The number of aromatic amines is 1. The summed E-state index contributed by atoms with van der Waals surface area (Å²) < 4.78 is 19.2.